The zero-order valence-corrected chi connectivity index (χ0v) is 9.51. The number of hydrogen-bond donors (Lipinski definition) is 1. The molecule has 2 aromatic heterocycles. The van der Waals surface area contributed by atoms with Crippen LogP contribution in [0.2, 0.25) is 0 Å². The van der Waals surface area contributed by atoms with Crippen molar-refractivity contribution >= 4 is 21.9 Å². The van der Waals surface area contributed by atoms with Gasteiger partial charge in [0.15, 0.2) is 0 Å². The molecule has 0 aliphatic rings. The minimum Gasteiger partial charge on any atom is -0.468 e. The number of rotatable bonds is 3. The number of hydrogen-bond acceptors (Lipinski definition) is 4. The molecule has 17 heavy (non-hydrogen) atoms. The molecule has 0 saturated carbocycles. The van der Waals surface area contributed by atoms with E-state index in [2.05, 4.69) is 5.10 Å². The summed E-state index contributed by atoms with van der Waals surface area (Å²) in [6, 6.07) is 5.79. The number of fused-ring (bicyclic) bond motifs is 3. The van der Waals surface area contributed by atoms with Gasteiger partial charge in [-0.05, 0) is 12.1 Å². The van der Waals surface area contributed by atoms with Crippen LogP contribution in [-0.2, 0) is 6.54 Å². The van der Waals surface area contributed by atoms with Gasteiger partial charge in [-0.1, -0.05) is 0 Å². The number of furan rings is 1. The molecule has 0 saturated heterocycles. The first-order valence-electron chi connectivity index (χ1n) is 5.45. The van der Waals surface area contributed by atoms with Crippen LogP contribution in [0.15, 0.2) is 28.8 Å². The second kappa shape index (κ2) is 3.78. The Labute approximate surface area is 97.7 Å². The average molecular weight is 231 g/mol. The highest BCUT2D eigenvalue weighted by molar-refractivity contribution is 6.04. The van der Waals surface area contributed by atoms with Crippen molar-refractivity contribution in [1.82, 2.24) is 9.78 Å². The molecule has 0 aliphatic heterocycles. The van der Waals surface area contributed by atoms with Crippen molar-refractivity contribution in [1.29, 1.82) is 0 Å². The average Bonchev–Trinajstić information content (AvgIpc) is 2.92. The maximum absolute atomic E-state index is 5.58. The topological polar surface area (TPSA) is 66.2 Å². The highest BCUT2D eigenvalue weighted by Crippen LogP contribution is 2.31. The van der Waals surface area contributed by atoms with Crippen molar-refractivity contribution in [3.63, 3.8) is 0 Å². The van der Waals surface area contributed by atoms with Crippen LogP contribution in [0.5, 0.6) is 5.95 Å². The quantitative estimate of drug-likeness (QED) is 0.745. The summed E-state index contributed by atoms with van der Waals surface area (Å²) in [7, 11) is 1.59. The van der Waals surface area contributed by atoms with Gasteiger partial charge in [-0.2, -0.15) is 5.10 Å². The molecular formula is C12H13N3O2. The van der Waals surface area contributed by atoms with E-state index in [9.17, 15) is 0 Å². The van der Waals surface area contributed by atoms with Crippen LogP contribution in [0.1, 0.15) is 0 Å². The van der Waals surface area contributed by atoms with Crippen molar-refractivity contribution in [3.05, 3.63) is 24.4 Å². The third kappa shape index (κ3) is 1.47. The Hall–Kier alpha value is -2.01. The van der Waals surface area contributed by atoms with Crippen molar-refractivity contribution in [3.8, 4) is 5.95 Å². The molecule has 0 spiro atoms. The standard InChI is InChI=1S/C12H13N3O2/c1-16-11-6-9-10(17-11)3-2-8-7-14-15(5-4-13)12(8)9/h2-3,6-7H,4-5,13H2,1H3. The first-order chi connectivity index (χ1) is 8.33. The lowest BCUT2D eigenvalue weighted by Gasteiger charge is -2.00. The van der Waals surface area contributed by atoms with Gasteiger partial charge in [0, 0.05) is 18.0 Å². The third-order valence-corrected chi connectivity index (χ3v) is 2.82. The second-order valence-corrected chi connectivity index (χ2v) is 3.84. The fraction of sp³-hybridized carbons (Fsp3) is 0.250. The predicted molar refractivity (Wildman–Crippen MR) is 65.1 cm³/mol. The Balaban J connectivity index is 2.34. The van der Waals surface area contributed by atoms with Crippen LogP contribution in [0.25, 0.3) is 21.9 Å². The summed E-state index contributed by atoms with van der Waals surface area (Å²) in [5.41, 5.74) is 7.42. The molecule has 3 aromatic rings. The van der Waals surface area contributed by atoms with E-state index in [1.54, 1.807) is 7.11 Å². The summed E-state index contributed by atoms with van der Waals surface area (Å²) in [5.74, 6) is 0.507. The first-order valence-corrected chi connectivity index (χ1v) is 5.45. The third-order valence-electron chi connectivity index (χ3n) is 2.82. The van der Waals surface area contributed by atoms with Crippen LogP contribution >= 0.6 is 0 Å². The lowest BCUT2D eigenvalue weighted by molar-refractivity contribution is 0.316. The molecule has 0 atom stereocenters. The summed E-state index contributed by atoms with van der Waals surface area (Å²) in [6.07, 6.45) is 1.84. The molecular weight excluding hydrogens is 218 g/mol. The highest BCUT2D eigenvalue weighted by Gasteiger charge is 2.11. The van der Waals surface area contributed by atoms with E-state index in [0.29, 0.717) is 19.0 Å². The summed E-state index contributed by atoms with van der Waals surface area (Å²) in [6.45, 7) is 1.25. The van der Waals surface area contributed by atoms with Gasteiger partial charge in [0.25, 0.3) is 5.95 Å². The van der Waals surface area contributed by atoms with E-state index in [-0.39, 0.29) is 0 Å². The van der Waals surface area contributed by atoms with Gasteiger partial charge < -0.3 is 14.9 Å². The van der Waals surface area contributed by atoms with E-state index < -0.39 is 0 Å². The van der Waals surface area contributed by atoms with Crippen molar-refractivity contribution in [2.75, 3.05) is 13.7 Å². The molecule has 88 valence electrons. The maximum Gasteiger partial charge on any atom is 0.285 e. The van der Waals surface area contributed by atoms with Gasteiger partial charge in [0.2, 0.25) is 0 Å². The number of nitrogens with two attached hydrogens (primary N) is 1. The van der Waals surface area contributed by atoms with Crippen LogP contribution in [0.3, 0.4) is 0 Å². The summed E-state index contributed by atoms with van der Waals surface area (Å²) in [4.78, 5) is 0. The Morgan fingerprint density at radius 3 is 3.12 bits per heavy atom. The van der Waals surface area contributed by atoms with Crippen molar-refractivity contribution in [2.24, 2.45) is 5.73 Å². The Bertz CT molecular complexity index is 669. The van der Waals surface area contributed by atoms with Crippen molar-refractivity contribution < 1.29 is 9.15 Å². The largest absolute Gasteiger partial charge is 0.468 e. The van der Waals surface area contributed by atoms with Gasteiger partial charge in [0.05, 0.1) is 30.8 Å². The molecule has 1 aromatic carbocycles. The molecule has 2 N–H and O–H groups in total. The number of methoxy groups -OCH3 is 1. The number of ether oxygens (including phenoxy) is 1. The lowest BCUT2D eigenvalue weighted by Crippen LogP contribution is -2.10. The lowest BCUT2D eigenvalue weighted by atomic mass is 10.2. The molecule has 2 heterocycles. The Kier molecular flexibility index (Phi) is 2.26. The molecule has 0 fully saturated rings. The zero-order chi connectivity index (χ0) is 11.8. The van der Waals surface area contributed by atoms with Crippen LogP contribution in [0.4, 0.5) is 0 Å². The molecule has 3 rings (SSSR count). The van der Waals surface area contributed by atoms with E-state index in [1.165, 1.54) is 0 Å². The predicted octanol–water partition coefficient (Wildman–Crippen LogP) is 1.75. The minimum atomic E-state index is 0.507. The normalized spacial score (nSPS) is 11.4. The number of nitrogens with zero attached hydrogens (tertiary/aromatic N) is 2. The monoisotopic (exact) mass is 231 g/mol. The SMILES string of the molecule is COc1cc2c(ccc3cnn(CCN)c32)o1. The van der Waals surface area contributed by atoms with Gasteiger partial charge in [0.1, 0.15) is 5.58 Å². The molecule has 5 nitrogen and oxygen atoms in total. The van der Waals surface area contributed by atoms with Crippen LogP contribution < -0.4 is 10.5 Å². The fourth-order valence-corrected chi connectivity index (χ4v) is 2.06. The maximum atomic E-state index is 5.58. The van der Waals surface area contributed by atoms with Gasteiger partial charge >= 0.3 is 0 Å². The second-order valence-electron chi connectivity index (χ2n) is 3.84. The minimum absolute atomic E-state index is 0.507. The summed E-state index contributed by atoms with van der Waals surface area (Å²) in [5, 5.41) is 6.41. The van der Waals surface area contributed by atoms with Gasteiger partial charge in [-0.15, -0.1) is 0 Å². The van der Waals surface area contributed by atoms with Gasteiger partial charge in [-0.3, -0.25) is 4.68 Å². The number of benzene rings is 1. The molecule has 0 aliphatic carbocycles. The number of aromatic nitrogens is 2. The zero-order valence-electron chi connectivity index (χ0n) is 9.51. The summed E-state index contributed by atoms with van der Waals surface area (Å²) < 4.78 is 12.5. The van der Waals surface area contributed by atoms with E-state index in [1.807, 2.05) is 29.1 Å². The Morgan fingerprint density at radius 1 is 1.47 bits per heavy atom. The summed E-state index contributed by atoms with van der Waals surface area (Å²) >= 11 is 0. The van der Waals surface area contributed by atoms with E-state index in [4.69, 9.17) is 14.9 Å². The molecule has 5 heteroatoms. The molecule has 0 radical (unpaired) electrons. The first kappa shape index (κ1) is 10.2. The van der Waals surface area contributed by atoms with E-state index >= 15 is 0 Å². The van der Waals surface area contributed by atoms with E-state index in [0.717, 1.165) is 21.9 Å². The molecule has 0 amide bonds. The molecule has 0 unspecified atom stereocenters. The van der Waals surface area contributed by atoms with Crippen LogP contribution in [-0.4, -0.2) is 23.4 Å². The fourth-order valence-electron chi connectivity index (χ4n) is 2.06. The Morgan fingerprint density at radius 2 is 2.35 bits per heavy atom. The van der Waals surface area contributed by atoms with Crippen LogP contribution in [0, 0.1) is 0 Å². The molecule has 0 bridgehead atoms. The smallest absolute Gasteiger partial charge is 0.285 e. The van der Waals surface area contributed by atoms with Gasteiger partial charge in [-0.25, -0.2) is 0 Å². The highest BCUT2D eigenvalue weighted by atomic mass is 16.6. The van der Waals surface area contributed by atoms with Crippen molar-refractivity contribution in [2.45, 2.75) is 6.54 Å².